The number of nitrogens with one attached hydrogen (secondary N) is 2. The van der Waals surface area contributed by atoms with Crippen molar-refractivity contribution in [2.45, 2.75) is 45.1 Å². The lowest BCUT2D eigenvalue weighted by Crippen LogP contribution is -2.38. The number of benzene rings is 2. The summed E-state index contributed by atoms with van der Waals surface area (Å²) in [5.74, 6) is 0.278. The van der Waals surface area contributed by atoms with Crippen molar-refractivity contribution >= 4 is 17.5 Å². The van der Waals surface area contributed by atoms with Crippen LogP contribution in [0.5, 0.6) is 0 Å². The van der Waals surface area contributed by atoms with Crippen LogP contribution in [0, 0.1) is 5.92 Å². The quantitative estimate of drug-likeness (QED) is 0.499. The molecule has 2 heterocycles. The average molecular weight is 483 g/mol. The van der Waals surface area contributed by atoms with Crippen LogP contribution in [0.15, 0.2) is 67.0 Å². The molecule has 0 spiro atoms. The zero-order valence-corrected chi connectivity index (χ0v) is 20.7. The highest BCUT2D eigenvalue weighted by Gasteiger charge is 2.21. The van der Waals surface area contributed by atoms with Gasteiger partial charge in [0.25, 0.3) is 5.91 Å². The van der Waals surface area contributed by atoms with Crippen molar-refractivity contribution in [3.63, 3.8) is 0 Å². The number of anilines is 1. The molecule has 0 atom stereocenters. The molecule has 5 rings (SSSR count). The van der Waals surface area contributed by atoms with Crippen LogP contribution in [-0.2, 0) is 30.6 Å². The van der Waals surface area contributed by atoms with Gasteiger partial charge in [0.1, 0.15) is 0 Å². The highest BCUT2D eigenvalue weighted by molar-refractivity contribution is 6.06. The van der Waals surface area contributed by atoms with Crippen LogP contribution < -0.4 is 10.6 Å². The SMILES string of the molecule is O=C(Cc1ccccc1C(=O)Nc1ccc2c(c1)CCC2)NCC1CCN(Cc2cccnc2)CC1. The van der Waals surface area contributed by atoms with Gasteiger partial charge in [-0.3, -0.25) is 19.5 Å². The number of amides is 2. The topological polar surface area (TPSA) is 74.3 Å². The summed E-state index contributed by atoms with van der Waals surface area (Å²) in [5, 5.41) is 6.14. The molecule has 6 nitrogen and oxygen atoms in total. The van der Waals surface area contributed by atoms with Crippen molar-refractivity contribution in [3.8, 4) is 0 Å². The summed E-state index contributed by atoms with van der Waals surface area (Å²) in [6.45, 7) is 3.67. The van der Waals surface area contributed by atoms with Crippen LogP contribution in [-0.4, -0.2) is 41.3 Å². The smallest absolute Gasteiger partial charge is 0.255 e. The second-order valence-electron chi connectivity index (χ2n) is 10.0. The normalized spacial score (nSPS) is 15.9. The molecule has 1 aromatic heterocycles. The molecule has 36 heavy (non-hydrogen) atoms. The maximum atomic E-state index is 13.0. The third kappa shape index (κ3) is 6.18. The molecule has 2 amide bonds. The van der Waals surface area contributed by atoms with Gasteiger partial charge in [0.15, 0.2) is 0 Å². The number of aromatic nitrogens is 1. The number of carbonyl (C=O) groups is 2. The Morgan fingerprint density at radius 1 is 0.972 bits per heavy atom. The summed E-state index contributed by atoms with van der Waals surface area (Å²) in [4.78, 5) is 32.4. The fraction of sp³-hybridized carbons (Fsp3) is 0.367. The Bertz CT molecular complexity index is 1200. The standard InChI is InChI=1S/C30H34N4O2/c35-29(32-20-22-12-15-34(16-13-22)21-23-5-4-14-31-19-23)18-26-6-1-2-9-28(26)30(36)33-27-11-10-24-7-3-8-25(24)17-27/h1-2,4-6,9-11,14,17,19,22H,3,7-8,12-13,15-16,18,20-21H2,(H,32,35)(H,33,36). The summed E-state index contributed by atoms with van der Waals surface area (Å²) in [7, 11) is 0. The highest BCUT2D eigenvalue weighted by atomic mass is 16.2. The highest BCUT2D eigenvalue weighted by Crippen LogP contribution is 2.25. The number of nitrogens with zero attached hydrogens (tertiary/aromatic N) is 2. The molecule has 2 aromatic carbocycles. The molecule has 0 saturated carbocycles. The van der Waals surface area contributed by atoms with E-state index in [0.717, 1.165) is 56.6 Å². The number of pyridine rings is 1. The third-order valence-corrected chi connectivity index (χ3v) is 7.39. The molecule has 2 N–H and O–H groups in total. The maximum absolute atomic E-state index is 13.0. The molecule has 1 aliphatic heterocycles. The van der Waals surface area contributed by atoms with Gasteiger partial charge < -0.3 is 10.6 Å². The molecule has 0 unspecified atom stereocenters. The average Bonchev–Trinajstić information content (AvgIpc) is 3.37. The lowest BCUT2D eigenvalue weighted by Gasteiger charge is -2.32. The Morgan fingerprint density at radius 3 is 2.64 bits per heavy atom. The summed E-state index contributed by atoms with van der Waals surface area (Å²) in [6, 6.07) is 17.6. The molecule has 2 aliphatic rings. The van der Waals surface area contributed by atoms with Crippen LogP contribution >= 0.6 is 0 Å². The predicted molar refractivity (Wildman–Crippen MR) is 142 cm³/mol. The third-order valence-electron chi connectivity index (χ3n) is 7.39. The molecule has 6 heteroatoms. The summed E-state index contributed by atoms with van der Waals surface area (Å²) in [6.07, 6.45) is 9.43. The second-order valence-corrected chi connectivity index (χ2v) is 10.0. The van der Waals surface area contributed by atoms with Gasteiger partial charge in [-0.05, 0) is 97.6 Å². The Kier molecular flexibility index (Phi) is 7.72. The Morgan fingerprint density at radius 2 is 1.81 bits per heavy atom. The summed E-state index contributed by atoms with van der Waals surface area (Å²) < 4.78 is 0. The van der Waals surface area contributed by atoms with Gasteiger partial charge in [0.05, 0.1) is 6.42 Å². The number of carbonyl (C=O) groups excluding carboxylic acids is 2. The fourth-order valence-electron chi connectivity index (χ4n) is 5.34. The van der Waals surface area contributed by atoms with E-state index in [4.69, 9.17) is 0 Å². The first-order valence-corrected chi connectivity index (χ1v) is 13.0. The first-order chi connectivity index (χ1) is 17.6. The monoisotopic (exact) mass is 482 g/mol. The van der Waals surface area contributed by atoms with E-state index in [9.17, 15) is 9.59 Å². The summed E-state index contributed by atoms with van der Waals surface area (Å²) in [5.41, 5.74) is 6.06. The lowest BCUT2D eigenvalue weighted by atomic mass is 9.96. The van der Waals surface area contributed by atoms with Gasteiger partial charge in [-0.15, -0.1) is 0 Å². The lowest BCUT2D eigenvalue weighted by molar-refractivity contribution is -0.120. The fourth-order valence-corrected chi connectivity index (χ4v) is 5.34. The van der Waals surface area contributed by atoms with E-state index in [1.165, 1.54) is 23.1 Å². The molecule has 0 bridgehead atoms. The van der Waals surface area contributed by atoms with Gasteiger partial charge >= 0.3 is 0 Å². The molecule has 1 aliphatic carbocycles. The zero-order chi connectivity index (χ0) is 24.7. The Hall–Kier alpha value is -3.51. The minimum absolute atomic E-state index is 0.0365. The molecule has 1 saturated heterocycles. The predicted octanol–water partition coefficient (Wildman–Crippen LogP) is 4.39. The first kappa shape index (κ1) is 24.2. The molecule has 3 aromatic rings. The van der Waals surface area contributed by atoms with Crippen molar-refractivity contribution in [2.24, 2.45) is 5.92 Å². The molecule has 1 fully saturated rings. The van der Waals surface area contributed by atoms with Crippen molar-refractivity contribution in [3.05, 3.63) is 94.8 Å². The number of hydrogen-bond donors (Lipinski definition) is 2. The van der Waals surface area contributed by atoms with E-state index in [0.29, 0.717) is 18.0 Å². The van der Waals surface area contributed by atoms with E-state index in [-0.39, 0.29) is 18.2 Å². The van der Waals surface area contributed by atoms with Crippen LogP contribution in [0.25, 0.3) is 0 Å². The minimum Gasteiger partial charge on any atom is -0.356 e. The van der Waals surface area contributed by atoms with Gasteiger partial charge in [-0.2, -0.15) is 0 Å². The number of aryl methyl sites for hydroxylation is 2. The number of likely N-dealkylation sites (tertiary alicyclic amines) is 1. The van der Waals surface area contributed by atoms with E-state index in [1.54, 1.807) is 12.3 Å². The van der Waals surface area contributed by atoms with Gasteiger partial charge in [-0.1, -0.05) is 30.3 Å². The van der Waals surface area contributed by atoms with Crippen LogP contribution in [0.1, 0.15) is 51.9 Å². The van der Waals surface area contributed by atoms with Crippen molar-refractivity contribution in [2.75, 3.05) is 25.0 Å². The van der Waals surface area contributed by atoms with Crippen LogP contribution in [0.4, 0.5) is 5.69 Å². The van der Waals surface area contributed by atoms with Gasteiger partial charge in [0.2, 0.25) is 5.91 Å². The van der Waals surface area contributed by atoms with E-state index >= 15 is 0 Å². The summed E-state index contributed by atoms with van der Waals surface area (Å²) >= 11 is 0. The van der Waals surface area contributed by atoms with E-state index < -0.39 is 0 Å². The molecular formula is C30H34N4O2. The number of fused-ring (bicyclic) bond motifs is 1. The van der Waals surface area contributed by atoms with E-state index in [2.05, 4.69) is 38.7 Å². The van der Waals surface area contributed by atoms with E-state index in [1.807, 2.05) is 36.5 Å². The first-order valence-electron chi connectivity index (χ1n) is 13.0. The van der Waals surface area contributed by atoms with Crippen molar-refractivity contribution < 1.29 is 9.59 Å². The maximum Gasteiger partial charge on any atom is 0.255 e. The molecule has 186 valence electrons. The van der Waals surface area contributed by atoms with Gasteiger partial charge in [0, 0.05) is 36.7 Å². The second kappa shape index (κ2) is 11.5. The number of rotatable bonds is 8. The van der Waals surface area contributed by atoms with Crippen molar-refractivity contribution in [1.82, 2.24) is 15.2 Å². The Labute approximate surface area is 213 Å². The van der Waals surface area contributed by atoms with Crippen LogP contribution in [0.2, 0.25) is 0 Å². The zero-order valence-electron chi connectivity index (χ0n) is 20.7. The number of piperidine rings is 1. The largest absolute Gasteiger partial charge is 0.356 e. The van der Waals surface area contributed by atoms with Crippen LogP contribution in [0.3, 0.4) is 0 Å². The number of hydrogen-bond acceptors (Lipinski definition) is 4. The minimum atomic E-state index is -0.169. The Balaban J connectivity index is 1.10. The van der Waals surface area contributed by atoms with Gasteiger partial charge in [-0.25, -0.2) is 0 Å². The molecule has 0 radical (unpaired) electrons. The molecular weight excluding hydrogens is 448 g/mol. The van der Waals surface area contributed by atoms with Crippen molar-refractivity contribution in [1.29, 1.82) is 0 Å².